The summed E-state index contributed by atoms with van der Waals surface area (Å²) in [6.45, 7) is -0.377. The second-order valence-corrected chi connectivity index (χ2v) is 7.06. The molecule has 29 heavy (non-hydrogen) atoms. The second-order valence-electron chi connectivity index (χ2n) is 6.62. The summed E-state index contributed by atoms with van der Waals surface area (Å²) in [5.41, 5.74) is 1.02. The molecule has 0 aliphatic carbocycles. The number of anilines is 1. The fourth-order valence-corrected chi connectivity index (χ4v) is 3.69. The van der Waals surface area contributed by atoms with Gasteiger partial charge in [0.15, 0.2) is 0 Å². The van der Waals surface area contributed by atoms with E-state index in [2.05, 4.69) is 5.32 Å². The van der Waals surface area contributed by atoms with E-state index < -0.39 is 35.1 Å². The molecule has 7 heteroatoms. The SMILES string of the molecule is O=C1CN(C(=O)c2c(F)cccc2F)[C@H](c2ccccc2)c2cc(Cl)ccc2N1. The first-order valence-electron chi connectivity index (χ1n) is 8.85. The molecule has 2 amide bonds. The van der Waals surface area contributed by atoms with E-state index in [1.165, 1.54) is 6.07 Å². The number of benzene rings is 3. The first kappa shape index (κ1) is 19.1. The maximum Gasteiger partial charge on any atom is 0.261 e. The van der Waals surface area contributed by atoms with Crippen molar-refractivity contribution in [3.8, 4) is 0 Å². The zero-order valence-electron chi connectivity index (χ0n) is 15.0. The molecule has 0 saturated carbocycles. The molecule has 4 nitrogen and oxygen atoms in total. The Bertz CT molecular complexity index is 1080. The molecule has 0 saturated heterocycles. The largest absolute Gasteiger partial charge is 0.324 e. The van der Waals surface area contributed by atoms with Crippen LogP contribution in [0.25, 0.3) is 0 Å². The summed E-state index contributed by atoms with van der Waals surface area (Å²) in [6, 6.07) is 16.3. The van der Waals surface area contributed by atoms with Crippen molar-refractivity contribution in [1.29, 1.82) is 0 Å². The van der Waals surface area contributed by atoms with Crippen molar-refractivity contribution >= 4 is 29.1 Å². The molecule has 3 aromatic rings. The van der Waals surface area contributed by atoms with Gasteiger partial charge in [0.1, 0.15) is 23.7 Å². The molecule has 0 aromatic heterocycles. The van der Waals surface area contributed by atoms with Gasteiger partial charge in [-0.05, 0) is 35.9 Å². The lowest BCUT2D eigenvalue weighted by Gasteiger charge is -2.31. The Morgan fingerprint density at radius 2 is 1.69 bits per heavy atom. The maximum absolute atomic E-state index is 14.3. The van der Waals surface area contributed by atoms with Gasteiger partial charge in [-0.3, -0.25) is 9.59 Å². The summed E-state index contributed by atoms with van der Waals surface area (Å²) in [7, 11) is 0. The highest BCUT2D eigenvalue weighted by Crippen LogP contribution is 2.38. The van der Waals surface area contributed by atoms with Crippen molar-refractivity contribution in [2.75, 3.05) is 11.9 Å². The van der Waals surface area contributed by atoms with Crippen LogP contribution < -0.4 is 5.32 Å². The highest BCUT2D eigenvalue weighted by atomic mass is 35.5. The zero-order valence-corrected chi connectivity index (χ0v) is 15.8. The number of nitrogens with one attached hydrogen (secondary N) is 1. The fourth-order valence-electron chi connectivity index (χ4n) is 3.51. The van der Waals surface area contributed by atoms with Gasteiger partial charge in [0.25, 0.3) is 5.91 Å². The molecule has 1 aliphatic heterocycles. The second kappa shape index (κ2) is 7.64. The maximum atomic E-state index is 14.3. The normalized spacial score (nSPS) is 16.0. The Labute approximate surface area is 170 Å². The Morgan fingerprint density at radius 1 is 1.00 bits per heavy atom. The Morgan fingerprint density at radius 3 is 2.38 bits per heavy atom. The van der Waals surface area contributed by atoms with Crippen LogP contribution in [0.15, 0.2) is 66.7 Å². The van der Waals surface area contributed by atoms with Gasteiger partial charge in [-0.1, -0.05) is 48.0 Å². The van der Waals surface area contributed by atoms with Gasteiger partial charge in [0.2, 0.25) is 5.91 Å². The third-order valence-corrected chi connectivity index (χ3v) is 5.00. The van der Waals surface area contributed by atoms with Crippen molar-refractivity contribution in [1.82, 2.24) is 4.90 Å². The van der Waals surface area contributed by atoms with Gasteiger partial charge < -0.3 is 10.2 Å². The predicted octanol–water partition coefficient (Wildman–Crippen LogP) is 4.80. The Kier molecular flexibility index (Phi) is 5.03. The minimum absolute atomic E-state index is 0.377. The van der Waals surface area contributed by atoms with Crippen molar-refractivity contribution in [3.05, 3.63) is 100 Å². The first-order valence-corrected chi connectivity index (χ1v) is 9.22. The third kappa shape index (κ3) is 3.59. The highest BCUT2D eigenvalue weighted by Gasteiger charge is 2.36. The molecule has 3 aromatic carbocycles. The van der Waals surface area contributed by atoms with E-state index in [0.29, 0.717) is 21.8 Å². The molecular formula is C22H15ClF2N2O2. The lowest BCUT2D eigenvalue weighted by molar-refractivity contribution is -0.117. The van der Waals surface area contributed by atoms with Crippen LogP contribution in [0.3, 0.4) is 0 Å². The first-order chi connectivity index (χ1) is 14.0. The van der Waals surface area contributed by atoms with E-state index in [9.17, 15) is 18.4 Å². The average Bonchev–Trinajstić information content (AvgIpc) is 2.84. The number of hydrogen-bond donors (Lipinski definition) is 1. The van der Waals surface area contributed by atoms with E-state index in [1.807, 2.05) is 6.07 Å². The number of nitrogens with zero attached hydrogens (tertiary/aromatic N) is 1. The molecular weight excluding hydrogens is 398 g/mol. The van der Waals surface area contributed by atoms with E-state index in [0.717, 1.165) is 17.0 Å². The molecule has 1 atom stereocenters. The number of carbonyl (C=O) groups excluding carboxylic acids is 2. The molecule has 0 spiro atoms. The van der Waals surface area contributed by atoms with Crippen molar-refractivity contribution in [3.63, 3.8) is 0 Å². The van der Waals surface area contributed by atoms with Crippen LogP contribution in [0, 0.1) is 11.6 Å². The molecule has 146 valence electrons. The molecule has 0 unspecified atom stereocenters. The van der Waals surface area contributed by atoms with Crippen molar-refractivity contribution in [2.45, 2.75) is 6.04 Å². The standard InChI is InChI=1S/C22H15ClF2N2O2/c23-14-9-10-18-15(11-14)21(13-5-2-1-3-6-13)27(12-19(28)26-18)22(29)20-16(24)7-4-8-17(20)25/h1-11,21H,12H2,(H,26,28)/t21-/m1/s1. The zero-order chi connectivity index (χ0) is 20.5. The van der Waals surface area contributed by atoms with E-state index in [1.54, 1.807) is 42.5 Å². The van der Waals surface area contributed by atoms with Crippen LogP contribution in [0.4, 0.5) is 14.5 Å². The quantitative estimate of drug-likeness (QED) is 0.657. The van der Waals surface area contributed by atoms with Crippen LogP contribution >= 0.6 is 11.6 Å². The summed E-state index contributed by atoms with van der Waals surface area (Å²) in [5.74, 6) is -3.37. The number of carbonyl (C=O) groups is 2. The molecule has 1 N–H and O–H groups in total. The number of amides is 2. The van der Waals surface area contributed by atoms with Crippen LogP contribution in [-0.4, -0.2) is 23.3 Å². The fraction of sp³-hybridized carbons (Fsp3) is 0.0909. The Balaban J connectivity index is 1.93. The van der Waals surface area contributed by atoms with E-state index in [4.69, 9.17) is 11.6 Å². The minimum atomic E-state index is -0.988. The molecule has 4 rings (SSSR count). The average molecular weight is 413 g/mol. The third-order valence-electron chi connectivity index (χ3n) is 4.76. The van der Waals surface area contributed by atoms with Gasteiger partial charge in [0, 0.05) is 16.3 Å². The lowest BCUT2D eigenvalue weighted by Crippen LogP contribution is -2.39. The highest BCUT2D eigenvalue weighted by molar-refractivity contribution is 6.30. The van der Waals surface area contributed by atoms with Crippen LogP contribution in [0.5, 0.6) is 0 Å². The smallest absolute Gasteiger partial charge is 0.261 e. The van der Waals surface area contributed by atoms with Gasteiger partial charge in [-0.2, -0.15) is 0 Å². The van der Waals surface area contributed by atoms with Gasteiger partial charge >= 0.3 is 0 Å². The van der Waals surface area contributed by atoms with Crippen LogP contribution in [0.1, 0.15) is 27.5 Å². The van der Waals surface area contributed by atoms with Crippen LogP contribution in [0.2, 0.25) is 5.02 Å². The molecule has 1 heterocycles. The summed E-state index contributed by atoms with van der Waals surface area (Å²) in [4.78, 5) is 26.9. The topological polar surface area (TPSA) is 49.4 Å². The van der Waals surface area contributed by atoms with Crippen LogP contribution in [-0.2, 0) is 4.79 Å². The minimum Gasteiger partial charge on any atom is -0.324 e. The lowest BCUT2D eigenvalue weighted by atomic mass is 9.95. The summed E-state index contributed by atoms with van der Waals surface area (Å²) >= 11 is 6.18. The van der Waals surface area contributed by atoms with Gasteiger partial charge in [0.05, 0.1) is 6.04 Å². The molecule has 1 aliphatic rings. The molecule has 0 radical (unpaired) electrons. The summed E-state index contributed by atoms with van der Waals surface area (Å²) in [5, 5.41) is 3.14. The molecule has 0 fully saturated rings. The monoisotopic (exact) mass is 412 g/mol. The van der Waals surface area contributed by atoms with E-state index >= 15 is 0 Å². The Hall–Kier alpha value is -3.25. The number of hydrogen-bond acceptors (Lipinski definition) is 2. The van der Waals surface area contributed by atoms with Crippen molar-refractivity contribution < 1.29 is 18.4 Å². The van der Waals surface area contributed by atoms with E-state index in [-0.39, 0.29) is 6.54 Å². The van der Waals surface area contributed by atoms with Crippen molar-refractivity contribution in [2.24, 2.45) is 0 Å². The number of rotatable bonds is 2. The predicted molar refractivity (Wildman–Crippen MR) is 106 cm³/mol. The van der Waals surface area contributed by atoms with Gasteiger partial charge in [-0.15, -0.1) is 0 Å². The number of fused-ring (bicyclic) bond motifs is 1. The molecule has 0 bridgehead atoms. The number of halogens is 3. The summed E-state index contributed by atoms with van der Waals surface area (Å²) < 4.78 is 28.7. The summed E-state index contributed by atoms with van der Waals surface area (Å²) in [6.07, 6.45) is 0. The van der Waals surface area contributed by atoms with Gasteiger partial charge in [-0.25, -0.2) is 8.78 Å².